The number of carbonyl (C=O) groups is 1. The molecule has 0 atom stereocenters. The van der Waals surface area contributed by atoms with Gasteiger partial charge in [-0.25, -0.2) is 14.9 Å². The molecule has 2 rings (SSSR count). The molecule has 0 radical (unpaired) electrons. The van der Waals surface area contributed by atoms with Gasteiger partial charge in [0.1, 0.15) is 11.4 Å². The Morgan fingerprint density at radius 1 is 1.23 bits per heavy atom. The van der Waals surface area contributed by atoms with Crippen LogP contribution in [0.2, 0.25) is 10.0 Å². The molecular weight excluding hydrogens is 490 g/mol. The van der Waals surface area contributed by atoms with E-state index in [-0.39, 0.29) is 33.6 Å². The summed E-state index contributed by atoms with van der Waals surface area (Å²) in [4.78, 5) is 21.8. The maximum absolute atomic E-state index is 14.9. The molecule has 9 heteroatoms. The summed E-state index contributed by atoms with van der Waals surface area (Å²) in [6, 6.07) is 9.52. The minimum Gasteiger partial charge on any atom is -0.394 e. The maximum atomic E-state index is 14.9. The molecule has 0 saturated heterocycles. The number of hydrogen-bond donors (Lipinski definition) is 3. The first kappa shape index (κ1) is 28.2. The van der Waals surface area contributed by atoms with Crippen molar-refractivity contribution in [1.82, 2.24) is 5.48 Å². The average molecular weight is 519 g/mol. The standard InChI is InChI=1S/C26H29Cl2FN4O2/c1-14(2)11-12-31-24(15(3)4)21(23(30)26(34)33-35)25(18-10-9-17(27)13-16(18)5)32-20-8-6-7-19(28)22(20)29/h6-11,13,15,35H,12,30H2,1-5H3,(H,33,34). The molecule has 0 heterocycles. The van der Waals surface area contributed by atoms with E-state index in [4.69, 9.17) is 33.9 Å². The van der Waals surface area contributed by atoms with Crippen molar-refractivity contribution in [3.8, 4) is 0 Å². The van der Waals surface area contributed by atoms with E-state index in [0.717, 1.165) is 5.57 Å². The Morgan fingerprint density at radius 3 is 2.49 bits per heavy atom. The van der Waals surface area contributed by atoms with Gasteiger partial charge in [-0.1, -0.05) is 60.8 Å². The second-order valence-electron chi connectivity index (χ2n) is 8.38. The van der Waals surface area contributed by atoms with Crippen LogP contribution in [0.5, 0.6) is 0 Å². The molecule has 0 spiro atoms. The van der Waals surface area contributed by atoms with Gasteiger partial charge in [0, 0.05) is 16.3 Å². The predicted octanol–water partition coefficient (Wildman–Crippen LogP) is 6.34. The first-order chi connectivity index (χ1) is 16.5. The lowest BCUT2D eigenvalue weighted by Crippen LogP contribution is -2.32. The van der Waals surface area contributed by atoms with Crippen LogP contribution in [-0.4, -0.2) is 29.1 Å². The number of nitrogens with zero attached hydrogens (tertiary/aromatic N) is 2. The van der Waals surface area contributed by atoms with Gasteiger partial charge in [-0.15, -0.1) is 0 Å². The van der Waals surface area contributed by atoms with Crippen LogP contribution in [0.1, 0.15) is 38.8 Å². The Bertz CT molecular complexity index is 1230. The van der Waals surface area contributed by atoms with Crippen molar-refractivity contribution >= 4 is 46.2 Å². The summed E-state index contributed by atoms with van der Waals surface area (Å²) in [6.45, 7) is 9.79. The van der Waals surface area contributed by atoms with Gasteiger partial charge in [-0.3, -0.25) is 15.0 Å². The third-order valence-corrected chi connectivity index (χ3v) is 5.55. The Balaban J connectivity index is 3.02. The Hall–Kier alpha value is -3.00. The molecule has 0 unspecified atom stereocenters. The molecule has 1 amide bonds. The molecule has 186 valence electrons. The molecule has 0 aromatic heterocycles. The SMILES string of the molecule is CC(C)=CCN=C(C(C(=Nc1cccc(Cl)c1F)c1ccc(Cl)cc1C)=C(N)C(=O)NO)C(C)C. The zero-order chi connectivity index (χ0) is 26.3. The lowest BCUT2D eigenvalue weighted by Gasteiger charge is -2.21. The van der Waals surface area contributed by atoms with Crippen LogP contribution in [-0.2, 0) is 4.79 Å². The summed E-state index contributed by atoms with van der Waals surface area (Å²) >= 11 is 12.2. The van der Waals surface area contributed by atoms with Gasteiger partial charge in [-0.2, -0.15) is 0 Å². The quantitative estimate of drug-likeness (QED) is 0.125. The number of nitrogens with two attached hydrogens (primary N) is 1. The van der Waals surface area contributed by atoms with Gasteiger partial charge in [0.05, 0.1) is 22.9 Å². The van der Waals surface area contributed by atoms with Gasteiger partial charge in [-0.05, 0) is 56.5 Å². The van der Waals surface area contributed by atoms with Gasteiger partial charge in [0.15, 0.2) is 5.82 Å². The van der Waals surface area contributed by atoms with Gasteiger partial charge < -0.3 is 5.73 Å². The molecule has 0 bridgehead atoms. The molecule has 0 fully saturated rings. The van der Waals surface area contributed by atoms with Gasteiger partial charge >= 0.3 is 0 Å². The first-order valence-corrected chi connectivity index (χ1v) is 11.6. The monoisotopic (exact) mass is 518 g/mol. The zero-order valence-corrected chi connectivity index (χ0v) is 21.8. The Labute approximate surface area is 215 Å². The van der Waals surface area contributed by atoms with E-state index in [1.54, 1.807) is 36.7 Å². The van der Waals surface area contributed by atoms with Crippen molar-refractivity contribution in [1.29, 1.82) is 0 Å². The van der Waals surface area contributed by atoms with E-state index in [2.05, 4.69) is 4.99 Å². The Morgan fingerprint density at radius 2 is 1.91 bits per heavy atom. The summed E-state index contributed by atoms with van der Waals surface area (Å²) < 4.78 is 14.9. The number of nitrogens with one attached hydrogen (secondary N) is 1. The number of carbonyl (C=O) groups excluding carboxylic acids is 1. The molecule has 6 nitrogen and oxygen atoms in total. The second-order valence-corrected chi connectivity index (χ2v) is 9.23. The highest BCUT2D eigenvalue weighted by Crippen LogP contribution is 2.29. The van der Waals surface area contributed by atoms with E-state index in [1.807, 2.05) is 33.8 Å². The number of aryl methyl sites for hydroxylation is 1. The number of hydroxylamine groups is 1. The van der Waals surface area contributed by atoms with Crippen molar-refractivity contribution in [2.75, 3.05) is 6.54 Å². The fourth-order valence-electron chi connectivity index (χ4n) is 3.28. The summed E-state index contributed by atoms with van der Waals surface area (Å²) in [5.74, 6) is -1.88. The normalized spacial score (nSPS) is 13.0. The molecule has 0 aliphatic carbocycles. The average Bonchev–Trinajstić information content (AvgIpc) is 2.79. The predicted molar refractivity (Wildman–Crippen MR) is 142 cm³/mol. The highest BCUT2D eigenvalue weighted by atomic mass is 35.5. The molecule has 0 aliphatic heterocycles. The van der Waals surface area contributed by atoms with E-state index in [1.165, 1.54) is 12.1 Å². The van der Waals surface area contributed by atoms with Crippen LogP contribution in [0.15, 0.2) is 69.3 Å². The van der Waals surface area contributed by atoms with Crippen molar-refractivity contribution in [3.63, 3.8) is 0 Å². The lowest BCUT2D eigenvalue weighted by molar-refractivity contribution is -0.125. The summed E-state index contributed by atoms with van der Waals surface area (Å²) in [5, 5.41) is 9.73. The molecule has 35 heavy (non-hydrogen) atoms. The summed E-state index contributed by atoms with van der Waals surface area (Å²) in [5.41, 5.74) is 10.6. The molecular formula is C26H29Cl2FN4O2. The highest BCUT2D eigenvalue weighted by molar-refractivity contribution is 6.35. The van der Waals surface area contributed by atoms with Crippen molar-refractivity contribution in [2.24, 2.45) is 21.6 Å². The number of halogens is 3. The van der Waals surface area contributed by atoms with E-state index < -0.39 is 11.7 Å². The van der Waals surface area contributed by atoms with Crippen LogP contribution in [0.4, 0.5) is 10.1 Å². The van der Waals surface area contributed by atoms with Gasteiger partial charge in [0.25, 0.3) is 5.91 Å². The minimum atomic E-state index is -0.943. The lowest BCUT2D eigenvalue weighted by atomic mass is 9.88. The number of allylic oxidation sites excluding steroid dienone is 2. The van der Waals surface area contributed by atoms with Crippen LogP contribution < -0.4 is 11.2 Å². The third kappa shape index (κ3) is 7.24. The van der Waals surface area contributed by atoms with Crippen LogP contribution in [0.25, 0.3) is 0 Å². The second kappa shape index (κ2) is 12.6. The minimum absolute atomic E-state index is 0.0519. The van der Waals surface area contributed by atoms with Crippen molar-refractivity contribution in [3.05, 3.63) is 86.3 Å². The van der Waals surface area contributed by atoms with Crippen molar-refractivity contribution < 1.29 is 14.4 Å². The maximum Gasteiger partial charge on any atom is 0.291 e. The number of benzene rings is 2. The molecule has 4 N–H and O–H groups in total. The first-order valence-electron chi connectivity index (χ1n) is 10.9. The largest absolute Gasteiger partial charge is 0.394 e. The third-order valence-electron chi connectivity index (χ3n) is 5.02. The zero-order valence-electron chi connectivity index (χ0n) is 20.3. The summed E-state index contributed by atoms with van der Waals surface area (Å²) in [6.07, 6.45) is 1.92. The smallest absolute Gasteiger partial charge is 0.291 e. The summed E-state index contributed by atoms with van der Waals surface area (Å²) in [7, 11) is 0. The molecule has 2 aromatic carbocycles. The van der Waals surface area contributed by atoms with Crippen molar-refractivity contribution in [2.45, 2.75) is 34.6 Å². The number of amides is 1. The van der Waals surface area contributed by atoms with Gasteiger partial charge in [0.2, 0.25) is 0 Å². The van der Waals surface area contributed by atoms with E-state index >= 15 is 0 Å². The fourth-order valence-corrected chi connectivity index (χ4v) is 3.68. The van der Waals surface area contributed by atoms with E-state index in [0.29, 0.717) is 28.4 Å². The van der Waals surface area contributed by atoms with Crippen LogP contribution in [0, 0.1) is 18.7 Å². The number of aliphatic imine (C=N–C) groups is 2. The highest BCUT2D eigenvalue weighted by Gasteiger charge is 2.26. The molecule has 2 aromatic rings. The number of hydrogen-bond acceptors (Lipinski definition) is 5. The molecule has 0 saturated carbocycles. The fraction of sp³-hybridized carbons (Fsp3) is 0.269. The van der Waals surface area contributed by atoms with E-state index in [9.17, 15) is 14.4 Å². The Kier molecular flexibility index (Phi) is 10.2. The number of rotatable bonds is 8. The van der Waals surface area contributed by atoms with Crippen LogP contribution in [0.3, 0.4) is 0 Å². The van der Waals surface area contributed by atoms with Crippen LogP contribution >= 0.6 is 23.2 Å². The molecule has 0 aliphatic rings. The topological polar surface area (TPSA) is 100 Å².